The third kappa shape index (κ3) is 2.31. The van der Waals surface area contributed by atoms with Crippen LogP contribution in [-0.4, -0.2) is 5.11 Å². The summed E-state index contributed by atoms with van der Waals surface area (Å²) in [7, 11) is 0. The maximum absolute atomic E-state index is 9.87. The predicted molar refractivity (Wildman–Crippen MR) is 76.4 cm³/mol. The van der Waals surface area contributed by atoms with Crippen molar-refractivity contribution in [2.45, 2.75) is 6.61 Å². The molecule has 0 aliphatic rings. The fraction of sp³-hybridized carbons (Fsp3) is 0.0667. The largest absolute Gasteiger partial charge is 0.507 e. The zero-order chi connectivity index (χ0) is 13.2. The van der Waals surface area contributed by atoms with Crippen molar-refractivity contribution >= 4 is 26.9 Å². The Morgan fingerprint density at radius 1 is 1.11 bits per heavy atom. The van der Waals surface area contributed by atoms with Gasteiger partial charge in [-0.2, -0.15) is 0 Å². The number of hydrogen-bond acceptors (Lipinski definition) is 3. The molecule has 3 rings (SSSR count). The minimum atomic E-state index is 0.206. The van der Waals surface area contributed by atoms with Gasteiger partial charge < -0.3 is 14.3 Å². The summed E-state index contributed by atoms with van der Waals surface area (Å²) >= 11 is 3.43. The topological polar surface area (TPSA) is 42.6 Å². The molecule has 0 spiro atoms. The van der Waals surface area contributed by atoms with E-state index in [1.807, 2.05) is 30.3 Å². The van der Waals surface area contributed by atoms with Crippen molar-refractivity contribution in [3.8, 4) is 11.5 Å². The molecule has 3 nitrogen and oxygen atoms in total. The van der Waals surface area contributed by atoms with Crippen LogP contribution in [-0.2, 0) is 6.61 Å². The Morgan fingerprint density at radius 2 is 1.95 bits per heavy atom. The van der Waals surface area contributed by atoms with Gasteiger partial charge >= 0.3 is 0 Å². The number of halogens is 1. The van der Waals surface area contributed by atoms with Crippen molar-refractivity contribution in [2.24, 2.45) is 0 Å². The lowest BCUT2D eigenvalue weighted by molar-refractivity contribution is 0.303. The molecule has 1 heterocycles. The van der Waals surface area contributed by atoms with Gasteiger partial charge in [0.2, 0.25) is 0 Å². The minimum Gasteiger partial charge on any atom is -0.507 e. The molecule has 0 aliphatic heterocycles. The molecule has 0 fully saturated rings. The maximum Gasteiger partial charge on any atom is 0.138 e. The van der Waals surface area contributed by atoms with Gasteiger partial charge in [-0.15, -0.1) is 0 Å². The van der Waals surface area contributed by atoms with E-state index in [4.69, 9.17) is 9.15 Å². The number of benzene rings is 2. The number of rotatable bonds is 3. The molecule has 2 aromatic carbocycles. The molecule has 0 saturated heterocycles. The SMILES string of the molecule is Oc1cccc2occ(COc3ccccc3Br)c12. The van der Waals surface area contributed by atoms with Crippen LogP contribution in [0.2, 0.25) is 0 Å². The van der Waals surface area contributed by atoms with Crippen molar-refractivity contribution in [3.05, 3.63) is 58.8 Å². The van der Waals surface area contributed by atoms with Crippen LogP contribution in [0.3, 0.4) is 0 Å². The number of aromatic hydroxyl groups is 1. The summed E-state index contributed by atoms with van der Waals surface area (Å²) in [5, 5.41) is 10.6. The monoisotopic (exact) mass is 318 g/mol. The molecular weight excluding hydrogens is 308 g/mol. The highest BCUT2D eigenvalue weighted by Crippen LogP contribution is 2.31. The highest BCUT2D eigenvalue weighted by Gasteiger charge is 2.11. The van der Waals surface area contributed by atoms with Gasteiger partial charge in [-0.25, -0.2) is 0 Å². The van der Waals surface area contributed by atoms with Crippen LogP contribution in [0, 0.1) is 0 Å². The van der Waals surface area contributed by atoms with E-state index in [1.165, 1.54) is 0 Å². The minimum absolute atomic E-state index is 0.206. The number of ether oxygens (including phenoxy) is 1. The second-order valence-electron chi connectivity index (χ2n) is 4.13. The van der Waals surface area contributed by atoms with Crippen LogP contribution in [0.4, 0.5) is 0 Å². The molecule has 4 heteroatoms. The van der Waals surface area contributed by atoms with Gasteiger partial charge in [0.15, 0.2) is 0 Å². The summed E-state index contributed by atoms with van der Waals surface area (Å²) in [5.74, 6) is 0.962. The molecule has 3 aromatic rings. The summed E-state index contributed by atoms with van der Waals surface area (Å²) in [6.45, 7) is 0.340. The summed E-state index contributed by atoms with van der Waals surface area (Å²) in [6.07, 6.45) is 1.61. The molecule has 0 unspecified atom stereocenters. The number of phenols is 1. The fourth-order valence-electron chi connectivity index (χ4n) is 1.96. The van der Waals surface area contributed by atoms with Crippen LogP contribution in [0.25, 0.3) is 11.0 Å². The molecule has 0 atom stereocenters. The van der Waals surface area contributed by atoms with Crippen LogP contribution in [0.5, 0.6) is 11.5 Å². The summed E-state index contributed by atoms with van der Waals surface area (Å²) < 4.78 is 12.0. The smallest absolute Gasteiger partial charge is 0.138 e. The Hall–Kier alpha value is -1.94. The molecule has 96 valence electrons. The van der Waals surface area contributed by atoms with Gasteiger partial charge in [0.05, 0.1) is 16.1 Å². The first-order valence-corrected chi connectivity index (χ1v) is 6.60. The predicted octanol–water partition coefficient (Wildman–Crippen LogP) is 4.48. The standard InChI is InChI=1S/C15H11BrO3/c16-11-4-1-2-6-13(11)18-8-10-9-19-14-7-3-5-12(17)15(10)14/h1-7,9,17H,8H2. The molecule has 0 radical (unpaired) electrons. The van der Waals surface area contributed by atoms with E-state index in [0.717, 1.165) is 15.8 Å². The van der Waals surface area contributed by atoms with Crippen molar-refractivity contribution in [1.29, 1.82) is 0 Å². The average Bonchev–Trinajstić information content (AvgIpc) is 2.83. The van der Waals surface area contributed by atoms with Crippen molar-refractivity contribution in [3.63, 3.8) is 0 Å². The number of fused-ring (bicyclic) bond motifs is 1. The van der Waals surface area contributed by atoms with Crippen LogP contribution in [0.1, 0.15) is 5.56 Å². The number of phenolic OH excluding ortho intramolecular Hbond substituents is 1. The second-order valence-corrected chi connectivity index (χ2v) is 4.98. The number of hydrogen-bond donors (Lipinski definition) is 1. The fourth-order valence-corrected chi connectivity index (χ4v) is 2.36. The maximum atomic E-state index is 9.87. The first-order chi connectivity index (χ1) is 9.25. The third-order valence-electron chi connectivity index (χ3n) is 2.87. The Labute approximate surface area is 118 Å². The Balaban J connectivity index is 1.89. The Morgan fingerprint density at radius 3 is 2.79 bits per heavy atom. The molecule has 0 amide bonds. The van der Waals surface area contributed by atoms with Gasteiger partial charge in [-0.3, -0.25) is 0 Å². The average molecular weight is 319 g/mol. The molecular formula is C15H11BrO3. The number of furan rings is 1. The number of para-hydroxylation sites is 1. The van der Waals surface area contributed by atoms with E-state index < -0.39 is 0 Å². The lowest BCUT2D eigenvalue weighted by atomic mass is 10.1. The lowest BCUT2D eigenvalue weighted by Gasteiger charge is -2.07. The lowest BCUT2D eigenvalue weighted by Crippen LogP contribution is -1.95. The van der Waals surface area contributed by atoms with Crippen molar-refractivity contribution < 1.29 is 14.3 Å². The summed E-state index contributed by atoms with van der Waals surface area (Å²) in [4.78, 5) is 0. The van der Waals surface area contributed by atoms with Gasteiger partial charge in [0, 0.05) is 5.56 Å². The van der Waals surface area contributed by atoms with Gasteiger partial charge in [0.1, 0.15) is 23.7 Å². The van der Waals surface area contributed by atoms with Gasteiger partial charge in [-0.1, -0.05) is 18.2 Å². The van der Waals surface area contributed by atoms with Crippen LogP contribution < -0.4 is 4.74 Å². The summed E-state index contributed by atoms with van der Waals surface area (Å²) in [6, 6.07) is 12.8. The first kappa shape index (κ1) is 12.1. The van der Waals surface area contributed by atoms with Crippen LogP contribution >= 0.6 is 15.9 Å². The van der Waals surface area contributed by atoms with E-state index >= 15 is 0 Å². The molecule has 0 bridgehead atoms. The quantitative estimate of drug-likeness (QED) is 0.774. The highest BCUT2D eigenvalue weighted by atomic mass is 79.9. The molecule has 1 aromatic heterocycles. The van der Waals surface area contributed by atoms with E-state index in [9.17, 15) is 5.11 Å². The van der Waals surface area contributed by atoms with Crippen LogP contribution in [0.15, 0.2) is 57.6 Å². The first-order valence-electron chi connectivity index (χ1n) is 5.81. The van der Waals surface area contributed by atoms with Crippen molar-refractivity contribution in [2.75, 3.05) is 0 Å². The van der Waals surface area contributed by atoms with Gasteiger partial charge in [0.25, 0.3) is 0 Å². The molecule has 0 saturated carbocycles. The second kappa shape index (κ2) is 4.97. The third-order valence-corrected chi connectivity index (χ3v) is 3.53. The highest BCUT2D eigenvalue weighted by molar-refractivity contribution is 9.10. The Kier molecular flexibility index (Phi) is 3.17. The van der Waals surface area contributed by atoms with E-state index in [2.05, 4.69) is 15.9 Å². The molecule has 0 aliphatic carbocycles. The zero-order valence-electron chi connectivity index (χ0n) is 9.97. The zero-order valence-corrected chi connectivity index (χ0v) is 11.6. The van der Waals surface area contributed by atoms with Gasteiger partial charge in [-0.05, 0) is 40.2 Å². The van der Waals surface area contributed by atoms with E-state index in [0.29, 0.717) is 17.6 Å². The molecule has 19 heavy (non-hydrogen) atoms. The van der Waals surface area contributed by atoms with E-state index in [-0.39, 0.29) is 5.75 Å². The normalized spacial score (nSPS) is 10.8. The summed E-state index contributed by atoms with van der Waals surface area (Å²) in [5.41, 5.74) is 1.48. The Bertz CT molecular complexity index is 718. The van der Waals surface area contributed by atoms with Crippen molar-refractivity contribution in [1.82, 2.24) is 0 Å². The van der Waals surface area contributed by atoms with E-state index in [1.54, 1.807) is 18.4 Å². The molecule has 1 N–H and O–H groups in total.